The van der Waals surface area contributed by atoms with Crippen LogP contribution in [0.5, 0.6) is 5.75 Å². The summed E-state index contributed by atoms with van der Waals surface area (Å²) in [5, 5.41) is 19.3. The average molecular weight is 568 g/mol. The van der Waals surface area contributed by atoms with Gasteiger partial charge < -0.3 is 14.6 Å². The highest BCUT2D eigenvalue weighted by atomic mass is 32.2. The van der Waals surface area contributed by atoms with Crippen molar-refractivity contribution in [3.63, 3.8) is 0 Å². The summed E-state index contributed by atoms with van der Waals surface area (Å²) in [4.78, 5) is 31.4. The molecule has 1 aromatic carbocycles. The van der Waals surface area contributed by atoms with Gasteiger partial charge in [-0.3, -0.25) is 14.7 Å². The van der Waals surface area contributed by atoms with Crippen LogP contribution in [0.3, 0.4) is 0 Å². The number of Topliss-reactive ketones (excluding diaryl/α,β-unsaturated/α-hetero) is 1. The fraction of sp³-hybridized carbons (Fsp3) is 0.613. The molecule has 8 atom stereocenters. The minimum atomic E-state index is -0.684. The van der Waals surface area contributed by atoms with Crippen LogP contribution in [-0.2, 0) is 14.3 Å². The van der Waals surface area contributed by atoms with Gasteiger partial charge in [0, 0.05) is 28.7 Å². The van der Waals surface area contributed by atoms with Crippen LogP contribution in [0.15, 0.2) is 42.1 Å². The molecule has 9 heteroatoms. The molecule has 2 aromatic rings. The fourth-order valence-corrected chi connectivity index (χ4v) is 8.59. The summed E-state index contributed by atoms with van der Waals surface area (Å²) in [7, 11) is 1.62. The molecule has 0 saturated heterocycles. The molecule has 5 rings (SSSR count). The van der Waals surface area contributed by atoms with Gasteiger partial charge in [-0.1, -0.05) is 45.5 Å². The number of aromatic amines is 1. The van der Waals surface area contributed by atoms with E-state index in [4.69, 9.17) is 9.47 Å². The third kappa shape index (κ3) is 4.59. The van der Waals surface area contributed by atoms with Gasteiger partial charge in [-0.25, -0.2) is 4.98 Å². The van der Waals surface area contributed by atoms with Crippen molar-refractivity contribution >= 4 is 23.5 Å². The molecule has 1 aromatic heterocycles. The molecule has 2 N–H and O–H groups in total. The molecule has 40 heavy (non-hydrogen) atoms. The molecule has 3 aliphatic rings. The Bertz CT molecular complexity index is 1280. The predicted octanol–water partition coefficient (Wildman–Crippen LogP) is 5.48. The smallest absolute Gasteiger partial charge is 0.316 e. The van der Waals surface area contributed by atoms with Gasteiger partial charge in [-0.15, -0.1) is 11.7 Å². The predicted molar refractivity (Wildman–Crippen MR) is 154 cm³/mol. The van der Waals surface area contributed by atoms with Crippen LogP contribution in [0.2, 0.25) is 0 Å². The molecule has 0 radical (unpaired) electrons. The lowest BCUT2D eigenvalue weighted by Gasteiger charge is -2.61. The number of H-pyrrole nitrogens is 1. The number of benzene rings is 1. The Balaban J connectivity index is 1.37. The maximum Gasteiger partial charge on any atom is 0.316 e. The molecule has 0 unspecified atom stereocenters. The van der Waals surface area contributed by atoms with Gasteiger partial charge in [0.05, 0.1) is 19.0 Å². The highest BCUT2D eigenvalue weighted by molar-refractivity contribution is 7.99. The number of carbonyl (C=O) groups is 2. The van der Waals surface area contributed by atoms with Gasteiger partial charge in [0.15, 0.2) is 5.82 Å². The van der Waals surface area contributed by atoms with Crippen molar-refractivity contribution in [1.29, 1.82) is 0 Å². The largest absolute Gasteiger partial charge is 0.497 e. The lowest BCUT2D eigenvalue weighted by atomic mass is 9.44. The normalized spacial score (nSPS) is 37.2. The summed E-state index contributed by atoms with van der Waals surface area (Å²) >= 11 is 1.21. The van der Waals surface area contributed by atoms with E-state index in [0.29, 0.717) is 23.8 Å². The van der Waals surface area contributed by atoms with Crippen molar-refractivity contribution in [2.24, 2.45) is 34.0 Å². The maximum atomic E-state index is 13.5. The van der Waals surface area contributed by atoms with Gasteiger partial charge in [0.1, 0.15) is 17.6 Å². The van der Waals surface area contributed by atoms with E-state index in [1.807, 2.05) is 37.3 Å². The van der Waals surface area contributed by atoms with Crippen molar-refractivity contribution in [1.82, 2.24) is 15.2 Å². The molecular formula is C31H41N3O5S. The maximum absolute atomic E-state index is 13.5. The van der Waals surface area contributed by atoms with Crippen LogP contribution in [0.25, 0.3) is 11.4 Å². The number of esters is 1. The summed E-state index contributed by atoms with van der Waals surface area (Å²) < 4.78 is 11.5. The number of aromatic nitrogens is 3. The molecule has 3 saturated carbocycles. The molecule has 3 aliphatic carbocycles. The number of hydrogen-bond donors (Lipinski definition) is 2. The van der Waals surface area contributed by atoms with Crippen molar-refractivity contribution in [3.8, 4) is 17.1 Å². The van der Waals surface area contributed by atoms with Gasteiger partial charge >= 0.3 is 5.97 Å². The van der Waals surface area contributed by atoms with Crippen molar-refractivity contribution < 1.29 is 24.2 Å². The van der Waals surface area contributed by atoms with E-state index in [0.717, 1.165) is 30.6 Å². The minimum Gasteiger partial charge on any atom is -0.497 e. The zero-order valence-corrected chi connectivity index (χ0v) is 24.9. The van der Waals surface area contributed by atoms with Crippen molar-refractivity contribution in [2.45, 2.75) is 77.2 Å². The number of aliphatic hydroxyl groups excluding tert-OH is 1. The summed E-state index contributed by atoms with van der Waals surface area (Å²) in [6.45, 7) is 12.5. The Hall–Kier alpha value is -2.65. The first-order valence-electron chi connectivity index (χ1n) is 14.2. The van der Waals surface area contributed by atoms with Gasteiger partial charge in [0.25, 0.3) is 0 Å². The fourth-order valence-electron chi connectivity index (χ4n) is 8.01. The van der Waals surface area contributed by atoms with Crippen LogP contribution in [0.4, 0.5) is 0 Å². The first kappa shape index (κ1) is 28.9. The van der Waals surface area contributed by atoms with E-state index in [9.17, 15) is 14.7 Å². The summed E-state index contributed by atoms with van der Waals surface area (Å²) in [6.07, 6.45) is 4.16. The number of thioether (sulfide) groups is 1. The molecule has 3 fully saturated rings. The van der Waals surface area contributed by atoms with Crippen molar-refractivity contribution in [2.75, 3.05) is 12.9 Å². The first-order chi connectivity index (χ1) is 19.0. The second-order valence-corrected chi connectivity index (χ2v) is 13.5. The van der Waals surface area contributed by atoms with E-state index in [1.165, 1.54) is 11.8 Å². The number of carbonyl (C=O) groups excluding carboxylic acids is 2. The van der Waals surface area contributed by atoms with Gasteiger partial charge in [0.2, 0.25) is 5.16 Å². The van der Waals surface area contributed by atoms with Crippen LogP contribution >= 0.6 is 11.8 Å². The summed E-state index contributed by atoms with van der Waals surface area (Å²) in [6, 6.07) is 7.47. The quantitative estimate of drug-likeness (QED) is 0.257. The molecule has 0 spiro atoms. The van der Waals surface area contributed by atoms with E-state index in [1.54, 1.807) is 7.11 Å². The second-order valence-electron chi connectivity index (χ2n) is 12.5. The lowest BCUT2D eigenvalue weighted by Crippen LogP contribution is -2.63. The van der Waals surface area contributed by atoms with E-state index >= 15 is 0 Å². The van der Waals surface area contributed by atoms with Crippen LogP contribution in [0.1, 0.15) is 59.8 Å². The van der Waals surface area contributed by atoms with Crippen LogP contribution in [0, 0.1) is 34.0 Å². The molecule has 8 nitrogen and oxygen atoms in total. The summed E-state index contributed by atoms with van der Waals surface area (Å²) in [5.74, 6) is 1.14. The molecule has 0 amide bonds. The van der Waals surface area contributed by atoms with E-state index in [-0.39, 0.29) is 40.7 Å². The highest BCUT2D eigenvalue weighted by Crippen LogP contribution is 2.68. The number of hydrogen-bond acceptors (Lipinski definition) is 8. The Morgan fingerprint density at radius 1 is 1.25 bits per heavy atom. The lowest BCUT2D eigenvalue weighted by molar-refractivity contribution is -0.205. The Kier molecular flexibility index (Phi) is 7.68. The summed E-state index contributed by atoms with van der Waals surface area (Å²) in [5.41, 5.74) is -0.621. The molecule has 1 heterocycles. The Labute approximate surface area is 240 Å². The third-order valence-electron chi connectivity index (χ3n) is 10.7. The van der Waals surface area contributed by atoms with Crippen LogP contribution < -0.4 is 4.74 Å². The Morgan fingerprint density at radius 3 is 2.65 bits per heavy atom. The SMILES string of the molecule is C=C[C@]1(C)C[C@@H](OC(=O)CSc2n[nH]c(-c3ccc(OC)cc3)n2)[C@]2(C)[C@H](C)CC[C@]3(CCC(=O)[C@H]32)[C@@H](C)[C@@H]1O. The van der Waals surface area contributed by atoms with Gasteiger partial charge in [-0.2, -0.15) is 0 Å². The number of rotatable bonds is 7. The average Bonchev–Trinajstić information content (AvgIpc) is 3.58. The standard InChI is InChI=1S/C31H41N3O5S/c1-7-29(4)16-23(30(5)18(2)12-14-31(19(3)26(29)37)15-13-22(35)25(30)31)39-24(36)17-40-28-32-27(33-34-28)20-8-10-21(38-6)11-9-20/h7-11,18-19,23,25-26,37H,1,12-17H2,2-6H3,(H,32,33,34)/t18-,19+,23-,25+,26+,29-,30+,31+/m1/s1. The monoisotopic (exact) mass is 567 g/mol. The number of ketones is 1. The zero-order chi connectivity index (χ0) is 28.9. The third-order valence-corrected chi connectivity index (χ3v) is 11.5. The number of nitrogens with one attached hydrogen (secondary N) is 1. The zero-order valence-electron chi connectivity index (χ0n) is 24.1. The minimum absolute atomic E-state index is 0.0361. The molecule has 0 aliphatic heterocycles. The number of ether oxygens (including phenoxy) is 2. The number of aliphatic hydroxyl groups is 1. The van der Waals surface area contributed by atoms with E-state index in [2.05, 4.69) is 42.5 Å². The highest BCUT2D eigenvalue weighted by Gasteiger charge is 2.68. The Morgan fingerprint density at radius 2 is 1.98 bits per heavy atom. The topological polar surface area (TPSA) is 114 Å². The first-order valence-corrected chi connectivity index (χ1v) is 15.2. The van der Waals surface area contributed by atoms with Crippen LogP contribution in [-0.4, -0.2) is 57.1 Å². The second kappa shape index (κ2) is 10.6. The number of nitrogens with zero attached hydrogens (tertiary/aromatic N) is 2. The number of methoxy groups -OCH3 is 1. The molecule has 216 valence electrons. The van der Waals surface area contributed by atoms with Crippen molar-refractivity contribution in [3.05, 3.63) is 36.9 Å². The molecule has 2 bridgehead atoms. The van der Waals surface area contributed by atoms with E-state index < -0.39 is 23.0 Å². The molecular weight excluding hydrogens is 526 g/mol. The van der Waals surface area contributed by atoms with Gasteiger partial charge in [-0.05, 0) is 67.2 Å².